The number of halogens is 2. The van der Waals surface area contributed by atoms with Gasteiger partial charge in [-0.1, -0.05) is 18.0 Å². The van der Waals surface area contributed by atoms with Crippen LogP contribution in [0.4, 0.5) is 5.69 Å². The van der Waals surface area contributed by atoms with Crippen molar-refractivity contribution in [3.05, 3.63) is 23.2 Å². The summed E-state index contributed by atoms with van der Waals surface area (Å²) in [4.78, 5) is 12.5. The van der Waals surface area contributed by atoms with Gasteiger partial charge in [-0.15, -0.1) is 12.4 Å². The Labute approximate surface area is 141 Å². The molecule has 2 atom stereocenters. The van der Waals surface area contributed by atoms with Gasteiger partial charge < -0.3 is 16.2 Å². The molecule has 4 nitrogen and oxygen atoms in total. The summed E-state index contributed by atoms with van der Waals surface area (Å²) in [5.74, 6) is 0.915. The average molecular weight is 345 g/mol. The van der Waals surface area contributed by atoms with Crippen molar-refractivity contribution in [2.45, 2.75) is 38.1 Å². The lowest BCUT2D eigenvalue weighted by Gasteiger charge is -2.43. The van der Waals surface area contributed by atoms with Crippen molar-refractivity contribution in [2.75, 3.05) is 5.32 Å². The van der Waals surface area contributed by atoms with E-state index in [0.717, 1.165) is 25.7 Å². The van der Waals surface area contributed by atoms with Crippen molar-refractivity contribution in [1.82, 2.24) is 0 Å². The zero-order valence-corrected chi connectivity index (χ0v) is 13.9. The van der Waals surface area contributed by atoms with Crippen LogP contribution in [0.2, 0.25) is 5.02 Å². The molecule has 2 bridgehead atoms. The Balaban J connectivity index is 0.00000176. The number of rotatable bonds is 2. The van der Waals surface area contributed by atoms with Gasteiger partial charge in [-0.25, -0.2) is 0 Å². The lowest BCUT2D eigenvalue weighted by atomic mass is 9.65. The van der Waals surface area contributed by atoms with Crippen LogP contribution in [0.1, 0.15) is 32.1 Å². The summed E-state index contributed by atoms with van der Waals surface area (Å²) >= 11 is 5.90. The van der Waals surface area contributed by atoms with Gasteiger partial charge in [-0.2, -0.15) is 0 Å². The van der Waals surface area contributed by atoms with Crippen LogP contribution in [-0.2, 0) is 4.79 Å². The maximum atomic E-state index is 12.5. The monoisotopic (exact) mass is 344 g/mol. The Morgan fingerprint density at radius 2 is 1.91 bits per heavy atom. The quantitative estimate of drug-likeness (QED) is 0.718. The number of aromatic hydroxyl groups is 1. The van der Waals surface area contributed by atoms with E-state index in [4.69, 9.17) is 17.3 Å². The molecule has 2 unspecified atom stereocenters. The van der Waals surface area contributed by atoms with Gasteiger partial charge in [0.15, 0.2) is 0 Å². The van der Waals surface area contributed by atoms with E-state index in [-0.39, 0.29) is 36.0 Å². The van der Waals surface area contributed by atoms with Crippen molar-refractivity contribution < 1.29 is 9.90 Å². The summed E-state index contributed by atoms with van der Waals surface area (Å²) in [7, 11) is 0. The second-order valence-corrected chi connectivity index (χ2v) is 6.78. The normalized spacial score (nSPS) is 30.3. The van der Waals surface area contributed by atoms with E-state index >= 15 is 0 Å². The SMILES string of the molecule is Cl.NC1C2CCCC1CC(C(=O)Nc1cc(Cl)ccc1O)C2. The highest BCUT2D eigenvalue weighted by Gasteiger charge is 2.40. The summed E-state index contributed by atoms with van der Waals surface area (Å²) in [5.41, 5.74) is 6.64. The van der Waals surface area contributed by atoms with E-state index in [0.29, 0.717) is 22.5 Å². The fourth-order valence-corrected chi connectivity index (χ4v) is 4.02. The summed E-state index contributed by atoms with van der Waals surface area (Å²) in [6.45, 7) is 0. The molecule has 0 aromatic heterocycles. The Kier molecular flexibility index (Phi) is 5.59. The lowest BCUT2D eigenvalue weighted by Crippen LogP contribution is -2.48. The second kappa shape index (κ2) is 7.07. The van der Waals surface area contributed by atoms with Gasteiger partial charge in [0.25, 0.3) is 0 Å². The van der Waals surface area contributed by atoms with Crippen molar-refractivity contribution in [1.29, 1.82) is 0 Å². The Morgan fingerprint density at radius 1 is 1.27 bits per heavy atom. The van der Waals surface area contributed by atoms with Crippen LogP contribution in [-0.4, -0.2) is 17.1 Å². The Bertz CT molecular complexity index is 539. The van der Waals surface area contributed by atoms with E-state index in [9.17, 15) is 9.90 Å². The van der Waals surface area contributed by atoms with Gasteiger partial charge in [-0.05, 0) is 55.7 Å². The summed E-state index contributed by atoms with van der Waals surface area (Å²) in [5, 5.41) is 13.1. The van der Waals surface area contributed by atoms with Crippen LogP contribution in [0.25, 0.3) is 0 Å². The molecule has 1 aromatic carbocycles. The molecule has 2 aliphatic carbocycles. The predicted molar refractivity (Wildman–Crippen MR) is 90.5 cm³/mol. The van der Waals surface area contributed by atoms with Gasteiger partial charge in [0, 0.05) is 17.0 Å². The van der Waals surface area contributed by atoms with E-state index < -0.39 is 0 Å². The zero-order chi connectivity index (χ0) is 15.0. The molecule has 3 rings (SSSR count). The molecule has 0 spiro atoms. The van der Waals surface area contributed by atoms with E-state index in [2.05, 4.69) is 5.32 Å². The number of fused-ring (bicyclic) bond motifs is 2. The van der Waals surface area contributed by atoms with Crippen molar-refractivity contribution in [2.24, 2.45) is 23.5 Å². The second-order valence-electron chi connectivity index (χ2n) is 6.35. The number of nitrogens with two attached hydrogens (primary N) is 1. The molecular formula is C16H22Cl2N2O2. The third-order valence-electron chi connectivity index (χ3n) is 5.00. The molecular weight excluding hydrogens is 323 g/mol. The van der Waals surface area contributed by atoms with Crippen LogP contribution >= 0.6 is 24.0 Å². The number of carbonyl (C=O) groups is 1. The number of amides is 1. The fraction of sp³-hybridized carbons (Fsp3) is 0.562. The molecule has 2 aliphatic rings. The number of anilines is 1. The average Bonchev–Trinajstić information content (AvgIpc) is 2.42. The smallest absolute Gasteiger partial charge is 0.227 e. The molecule has 1 aromatic rings. The van der Waals surface area contributed by atoms with Gasteiger partial charge >= 0.3 is 0 Å². The lowest BCUT2D eigenvalue weighted by molar-refractivity contribution is -0.122. The van der Waals surface area contributed by atoms with Crippen molar-refractivity contribution in [3.63, 3.8) is 0 Å². The van der Waals surface area contributed by atoms with Crippen LogP contribution in [0.3, 0.4) is 0 Å². The van der Waals surface area contributed by atoms with Crippen LogP contribution in [0.5, 0.6) is 5.75 Å². The number of hydrogen-bond acceptors (Lipinski definition) is 3. The minimum atomic E-state index is -0.0311. The minimum absolute atomic E-state index is 0. The Hall–Kier alpha value is -0.970. The molecule has 6 heteroatoms. The minimum Gasteiger partial charge on any atom is -0.506 e. The molecule has 0 heterocycles. The first-order chi connectivity index (χ1) is 10.0. The van der Waals surface area contributed by atoms with Gasteiger partial charge in [-0.3, -0.25) is 4.79 Å². The topological polar surface area (TPSA) is 75.4 Å². The summed E-state index contributed by atoms with van der Waals surface area (Å²) in [6, 6.07) is 4.91. The predicted octanol–water partition coefficient (Wildman–Crippen LogP) is 3.56. The number of carbonyl (C=O) groups excluding carboxylic acids is 1. The molecule has 0 saturated heterocycles. The maximum absolute atomic E-state index is 12.5. The molecule has 2 fully saturated rings. The third-order valence-corrected chi connectivity index (χ3v) is 5.24. The number of nitrogens with one attached hydrogen (secondary N) is 1. The van der Waals surface area contributed by atoms with Crippen molar-refractivity contribution in [3.8, 4) is 5.75 Å². The van der Waals surface area contributed by atoms with Crippen LogP contribution in [0.15, 0.2) is 18.2 Å². The van der Waals surface area contributed by atoms with Gasteiger partial charge in [0.2, 0.25) is 5.91 Å². The molecule has 0 aliphatic heterocycles. The maximum Gasteiger partial charge on any atom is 0.227 e. The molecule has 122 valence electrons. The first-order valence-electron chi connectivity index (χ1n) is 7.59. The molecule has 4 N–H and O–H groups in total. The summed E-state index contributed by atoms with van der Waals surface area (Å²) < 4.78 is 0. The molecule has 0 radical (unpaired) electrons. The van der Waals surface area contributed by atoms with E-state index in [1.165, 1.54) is 12.5 Å². The van der Waals surface area contributed by atoms with Gasteiger partial charge in [0.05, 0.1) is 5.69 Å². The Morgan fingerprint density at radius 3 is 2.55 bits per heavy atom. The molecule has 1 amide bonds. The number of phenols is 1. The first kappa shape index (κ1) is 17.4. The highest BCUT2D eigenvalue weighted by Crippen LogP contribution is 2.42. The van der Waals surface area contributed by atoms with Gasteiger partial charge in [0.1, 0.15) is 5.75 Å². The standard InChI is InChI=1S/C16H21ClN2O2.ClH/c17-12-4-5-14(20)13(8-12)19-16(21)11-6-9-2-1-3-10(7-11)15(9)18;/h4-5,8-11,15,20H,1-3,6-7,18H2,(H,19,21);1H. The zero-order valence-electron chi connectivity index (χ0n) is 12.3. The van der Waals surface area contributed by atoms with E-state index in [1.807, 2.05) is 0 Å². The van der Waals surface area contributed by atoms with Crippen molar-refractivity contribution >= 4 is 35.6 Å². The number of benzene rings is 1. The molecule has 2 saturated carbocycles. The van der Waals surface area contributed by atoms with Crippen LogP contribution < -0.4 is 11.1 Å². The molecule has 22 heavy (non-hydrogen) atoms. The first-order valence-corrected chi connectivity index (χ1v) is 7.97. The fourth-order valence-electron chi connectivity index (χ4n) is 3.85. The van der Waals surface area contributed by atoms with E-state index in [1.54, 1.807) is 12.1 Å². The number of hydrogen-bond donors (Lipinski definition) is 3. The van der Waals surface area contributed by atoms with Crippen LogP contribution in [0, 0.1) is 17.8 Å². The number of phenolic OH excluding ortho intramolecular Hbond substituents is 1. The highest BCUT2D eigenvalue weighted by atomic mass is 35.5. The summed E-state index contributed by atoms with van der Waals surface area (Å²) in [6.07, 6.45) is 5.19. The third kappa shape index (κ3) is 3.50. The highest BCUT2D eigenvalue weighted by molar-refractivity contribution is 6.31. The largest absolute Gasteiger partial charge is 0.506 e.